The van der Waals surface area contributed by atoms with Crippen LogP contribution in [0.4, 0.5) is 0 Å². The van der Waals surface area contributed by atoms with Gasteiger partial charge in [-0.3, -0.25) is 0 Å². The highest BCUT2D eigenvalue weighted by atomic mass is 16.3. The van der Waals surface area contributed by atoms with Crippen LogP contribution in [0.5, 0.6) is 11.5 Å². The summed E-state index contributed by atoms with van der Waals surface area (Å²) in [5.74, 6) is -0.278. The number of fused-ring (bicyclic) bond motifs is 1. The lowest BCUT2D eigenvalue weighted by atomic mass is 9.85. The third kappa shape index (κ3) is 1.23. The summed E-state index contributed by atoms with van der Waals surface area (Å²) in [6, 6.07) is 2.69. The van der Waals surface area contributed by atoms with Gasteiger partial charge in [0.25, 0.3) is 0 Å². The average Bonchev–Trinajstić information content (AvgIpc) is 2.17. The van der Waals surface area contributed by atoms with Gasteiger partial charge in [0.05, 0.1) is 6.10 Å². The van der Waals surface area contributed by atoms with Crippen molar-refractivity contribution in [1.82, 2.24) is 0 Å². The summed E-state index contributed by atoms with van der Waals surface area (Å²) in [4.78, 5) is 0. The molecule has 0 radical (unpaired) electrons. The summed E-state index contributed by atoms with van der Waals surface area (Å²) in [6.07, 6.45) is 0.462. The van der Waals surface area contributed by atoms with Gasteiger partial charge in [-0.15, -0.1) is 0 Å². The van der Waals surface area contributed by atoms with E-state index in [9.17, 15) is 15.3 Å². The number of hydrogen-bond donors (Lipinski definition) is 4. The van der Waals surface area contributed by atoms with Gasteiger partial charge < -0.3 is 21.1 Å². The number of benzene rings is 1. The van der Waals surface area contributed by atoms with Crippen molar-refractivity contribution >= 4 is 0 Å². The first kappa shape index (κ1) is 9.30. The molecule has 0 spiro atoms. The van der Waals surface area contributed by atoms with Gasteiger partial charge in [-0.1, -0.05) is 6.07 Å². The fourth-order valence-corrected chi connectivity index (χ4v) is 1.88. The average molecular weight is 195 g/mol. The molecule has 1 aromatic rings. The standard InChI is InChI=1S/C10H13NO3/c11-7-3-1-6-5(9(7)13)2-4-8(12)10(6)14/h2,4,7,9,12-14H,1,3,11H2/t7-,9?/m1/s1. The molecule has 1 aliphatic rings. The lowest BCUT2D eigenvalue weighted by Gasteiger charge is -2.27. The Morgan fingerprint density at radius 3 is 2.71 bits per heavy atom. The van der Waals surface area contributed by atoms with Crippen LogP contribution in [0.25, 0.3) is 0 Å². The van der Waals surface area contributed by atoms with E-state index in [4.69, 9.17) is 5.73 Å². The highest BCUT2D eigenvalue weighted by molar-refractivity contribution is 5.51. The molecule has 4 nitrogen and oxygen atoms in total. The van der Waals surface area contributed by atoms with E-state index in [0.717, 1.165) is 0 Å². The van der Waals surface area contributed by atoms with Gasteiger partial charge in [0.1, 0.15) is 0 Å². The van der Waals surface area contributed by atoms with Crippen LogP contribution in [0.15, 0.2) is 12.1 Å². The first-order valence-electron chi connectivity index (χ1n) is 4.58. The maximum Gasteiger partial charge on any atom is 0.161 e. The summed E-state index contributed by atoms with van der Waals surface area (Å²) < 4.78 is 0. The second-order valence-electron chi connectivity index (χ2n) is 3.65. The van der Waals surface area contributed by atoms with Crippen LogP contribution in [0, 0.1) is 0 Å². The molecule has 0 saturated carbocycles. The normalized spacial score (nSPS) is 25.9. The second-order valence-corrected chi connectivity index (χ2v) is 3.65. The molecule has 2 atom stereocenters. The molecule has 5 N–H and O–H groups in total. The van der Waals surface area contributed by atoms with Crippen molar-refractivity contribution < 1.29 is 15.3 Å². The molecule has 0 aromatic heterocycles. The predicted octanol–water partition coefficient (Wildman–Crippen LogP) is 0.405. The number of phenolic OH excluding ortho intramolecular Hbond substituents is 2. The van der Waals surface area contributed by atoms with Crippen LogP contribution >= 0.6 is 0 Å². The number of aliphatic hydroxyl groups excluding tert-OH is 1. The van der Waals surface area contributed by atoms with E-state index in [-0.39, 0.29) is 17.5 Å². The van der Waals surface area contributed by atoms with E-state index in [1.165, 1.54) is 6.07 Å². The Hall–Kier alpha value is -1.26. The van der Waals surface area contributed by atoms with Gasteiger partial charge in [0.2, 0.25) is 0 Å². The Labute approximate surface area is 81.6 Å². The molecule has 0 fully saturated rings. The lowest BCUT2D eigenvalue weighted by molar-refractivity contribution is 0.133. The van der Waals surface area contributed by atoms with Crippen LogP contribution in [-0.4, -0.2) is 21.4 Å². The molecule has 2 rings (SSSR count). The van der Waals surface area contributed by atoms with Crippen molar-refractivity contribution in [2.24, 2.45) is 5.73 Å². The maximum atomic E-state index is 9.73. The predicted molar refractivity (Wildman–Crippen MR) is 51.0 cm³/mol. The lowest BCUT2D eigenvalue weighted by Crippen LogP contribution is -2.32. The van der Waals surface area contributed by atoms with Gasteiger partial charge in [-0.25, -0.2) is 0 Å². The molecule has 1 unspecified atom stereocenters. The second kappa shape index (κ2) is 3.15. The molecule has 76 valence electrons. The molecule has 1 aromatic carbocycles. The molecule has 14 heavy (non-hydrogen) atoms. The zero-order chi connectivity index (χ0) is 10.3. The van der Waals surface area contributed by atoms with Crippen LogP contribution in [0.1, 0.15) is 23.7 Å². The molecule has 1 aliphatic carbocycles. The molecule has 0 bridgehead atoms. The fourth-order valence-electron chi connectivity index (χ4n) is 1.88. The summed E-state index contributed by atoms with van der Waals surface area (Å²) in [5.41, 5.74) is 6.92. The van der Waals surface area contributed by atoms with Crippen molar-refractivity contribution in [2.75, 3.05) is 0 Å². The van der Waals surface area contributed by atoms with E-state index in [1.807, 2.05) is 0 Å². The first-order valence-corrected chi connectivity index (χ1v) is 4.58. The van der Waals surface area contributed by atoms with Crippen LogP contribution < -0.4 is 5.73 Å². The number of aliphatic hydroxyl groups is 1. The minimum atomic E-state index is -0.745. The van der Waals surface area contributed by atoms with E-state index in [0.29, 0.717) is 24.0 Å². The molecule has 4 heteroatoms. The Balaban J connectivity index is 2.53. The van der Waals surface area contributed by atoms with E-state index >= 15 is 0 Å². The number of hydrogen-bond acceptors (Lipinski definition) is 4. The van der Waals surface area contributed by atoms with Gasteiger partial charge in [0.15, 0.2) is 11.5 Å². The minimum absolute atomic E-state index is 0.131. The number of phenols is 2. The molecule has 0 amide bonds. The third-order valence-corrected chi connectivity index (χ3v) is 2.75. The quantitative estimate of drug-likeness (QED) is 0.451. The largest absolute Gasteiger partial charge is 0.504 e. The topological polar surface area (TPSA) is 86.7 Å². The van der Waals surface area contributed by atoms with Gasteiger partial charge in [-0.05, 0) is 24.5 Å². The summed E-state index contributed by atoms with van der Waals surface area (Å²) in [5, 5.41) is 28.5. The fraction of sp³-hybridized carbons (Fsp3) is 0.400. The Morgan fingerprint density at radius 1 is 1.29 bits per heavy atom. The Kier molecular flexibility index (Phi) is 2.09. The number of aromatic hydroxyl groups is 2. The van der Waals surface area contributed by atoms with Crippen LogP contribution in [0.2, 0.25) is 0 Å². The Bertz CT molecular complexity index is 365. The van der Waals surface area contributed by atoms with Gasteiger partial charge >= 0.3 is 0 Å². The van der Waals surface area contributed by atoms with Crippen LogP contribution in [-0.2, 0) is 6.42 Å². The highest BCUT2D eigenvalue weighted by Crippen LogP contribution is 2.39. The third-order valence-electron chi connectivity index (χ3n) is 2.75. The van der Waals surface area contributed by atoms with Crippen molar-refractivity contribution in [3.05, 3.63) is 23.3 Å². The van der Waals surface area contributed by atoms with Crippen molar-refractivity contribution in [2.45, 2.75) is 25.0 Å². The smallest absolute Gasteiger partial charge is 0.161 e. The summed E-state index contributed by atoms with van der Waals surface area (Å²) in [7, 11) is 0. The molecule has 0 aliphatic heterocycles. The van der Waals surface area contributed by atoms with Crippen molar-refractivity contribution in [3.8, 4) is 11.5 Å². The highest BCUT2D eigenvalue weighted by Gasteiger charge is 2.27. The zero-order valence-electron chi connectivity index (χ0n) is 7.64. The van der Waals surface area contributed by atoms with E-state index in [1.54, 1.807) is 6.07 Å². The zero-order valence-corrected chi connectivity index (χ0v) is 7.64. The molecule has 0 heterocycles. The SMILES string of the molecule is N[C@@H]1CCc2c(ccc(O)c2O)C1O. The minimum Gasteiger partial charge on any atom is -0.504 e. The van der Waals surface area contributed by atoms with Crippen molar-refractivity contribution in [3.63, 3.8) is 0 Å². The van der Waals surface area contributed by atoms with Gasteiger partial charge in [-0.2, -0.15) is 0 Å². The maximum absolute atomic E-state index is 9.73. The van der Waals surface area contributed by atoms with Crippen molar-refractivity contribution in [1.29, 1.82) is 0 Å². The van der Waals surface area contributed by atoms with Crippen LogP contribution in [0.3, 0.4) is 0 Å². The first-order chi connectivity index (χ1) is 6.61. The molecule has 0 saturated heterocycles. The Morgan fingerprint density at radius 2 is 2.00 bits per heavy atom. The summed E-state index contributed by atoms with van der Waals surface area (Å²) >= 11 is 0. The molecular formula is C10H13NO3. The van der Waals surface area contributed by atoms with E-state index < -0.39 is 6.10 Å². The summed E-state index contributed by atoms with van der Waals surface area (Å²) in [6.45, 7) is 0. The van der Waals surface area contributed by atoms with Gasteiger partial charge in [0, 0.05) is 11.6 Å². The molecular weight excluding hydrogens is 182 g/mol. The number of rotatable bonds is 0. The van der Waals surface area contributed by atoms with E-state index in [2.05, 4.69) is 0 Å². The monoisotopic (exact) mass is 195 g/mol. The number of nitrogens with two attached hydrogens (primary N) is 1.